The Kier molecular flexibility index (Phi) is 6.40. The van der Waals surface area contributed by atoms with Gasteiger partial charge in [-0.05, 0) is 45.9 Å². The van der Waals surface area contributed by atoms with Crippen LogP contribution in [0.3, 0.4) is 0 Å². The van der Waals surface area contributed by atoms with E-state index in [2.05, 4.69) is 0 Å². The summed E-state index contributed by atoms with van der Waals surface area (Å²) in [5.74, 6) is 0. The monoisotopic (exact) mass is 422 g/mol. The van der Waals surface area contributed by atoms with Crippen LogP contribution in [0.2, 0.25) is 30.1 Å². The van der Waals surface area contributed by atoms with Crippen molar-refractivity contribution in [3.05, 3.63) is 54.4 Å². The molecular weight excluding hydrogens is 421 g/mol. The first-order valence-electron chi connectivity index (χ1n) is 5.02. The lowest BCUT2D eigenvalue weighted by Crippen LogP contribution is -1.79. The minimum atomic E-state index is 0.473. The predicted octanol–water partition coefficient (Wildman–Crippen LogP) is 8.41. The second kappa shape index (κ2) is 7.43. The summed E-state index contributed by atoms with van der Waals surface area (Å²) in [5.41, 5.74) is 0. The van der Waals surface area contributed by atoms with Gasteiger partial charge in [0.2, 0.25) is 0 Å². The maximum Gasteiger partial charge on any atom is 0.0580 e. The number of hydrogen-bond donors (Lipinski definition) is 0. The van der Waals surface area contributed by atoms with Gasteiger partial charge in [0.1, 0.15) is 0 Å². The Hall–Kier alpha value is 0.880. The zero-order valence-corrected chi connectivity index (χ0v) is 15.6. The third kappa shape index (κ3) is 4.21. The van der Waals surface area contributed by atoms with Gasteiger partial charge in [0, 0.05) is 10.0 Å². The lowest BCUT2D eigenvalue weighted by Gasteiger charge is -2.09. The number of hydrogen-bond acceptors (Lipinski definition) is 2. The van der Waals surface area contributed by atoms with Crippen molar-refractivity contribution in [3.63, 3.8) is 0 Å². The van der Waals surface area contributed by atoms with Crippen LogP contribution in [0.4, 0.5) is 0 Å². The molecule has 0 unspecified atom stereocenters. The van der Waals surface area contributed by atoms with Crippen LogP contribution in [0.25, 0.3) is 0 Å². The van der Waals surface area contributed by atoms with Crippen LogP contribution in [-0.4, -0.2) is 0 Å². The van der Waals surface area contributed by atoms with Gasteiger partial charge in [-0.1, -0.05) is 69.6 Å². The van der Waals surface area contributed by atoms with Crippen molar-refractivity contribution in [1.82, 2.24) is 0 Å². The summed E-state index contributed by atoms with van der Waals surface area (Å²) < 4.78 is 0. The molecule has 0 nitrogen and oxygen atoms in total. The van der Waals surface area contributed by atoms with Gasteiger partial charge in [0.25, 0.3) is 0 Å². The summed E-state index contributed by atoms with van der Waals surface area (Å²) in [7, 11) is 2.70. The quantitative estimate of drug-likeness (QED) is 0.453. The summed E-state index contributed by atoms with van der Waals surface area (Å²) in [6, 6.07) is 6.51. The van der Waals surface area contributed by atoms with E-state index in [-0.39, 0.29) is 0 Å². The highest BCUT2D eigenvalue weighted by Gasteiger charge is 2.13. The summed E-state index contributed by atoms with van der Waals surface area (Å²) in [6.45, 7) is 0. The zero-order valence-electron chi connectivity index (χ0n) is 9.39. The molecule has 0 bridgehead atoms. The molecule has 0 amide bonds. The average molecular weight is 425 g/mol. The van der Waals surface area contributed by atoms with Crippen LogP contribution in [0.15, 0.2) is 34.1 Å². The molecule has 20 heavy (non-hydrogen) atoms. The normalized spacial score (nSPS) is 10.9. The van der Waals surface area contributed by atoms with E-state index in [1.165, 1.54) is 21.6 Å². The third-order valence-electron chi connectivity index (χ3n) is 2.13. The molecule has 0 aliphatic rings. The Bertz CT molecular complexity index is 555. The van der Waals surface area contributed by atoms with Crippen molar-refractivity contribution >= 4 is 91.2 Å². The van der Waals surface area contributed by atoms with Crippen molar-refractivity contribution in [1.29, 1.82) is 0 Å². The molecule has 0 fully saturated rings. The fourth-order valence-electron chi connectivity index (χ4n) is 1.30. The Morgan fingerprint density at radius 1 is 0.500 bits per heavy atom. The van der Waals surface area contributed by atoms with Gasteiger partial charge < -0.3 is 0 Å². The molecule has 0 heterocycles. The van der Waals surface area contributed by atoms with Crippen LogP contribution in [0, 0.1) is 0 Å². The first-order chi connectivity index (χ1) is 9.38. The minimum absolute atomic E-state index is 0.473. The van der Waals surface area contributed by atoms with Crippen molar-refractivity contribution < 1.29 is 0 Å². The van der Waals surface area contributed by atoms with Crippen LogP contribution in [-0.2, 0) is 0 Å². The number of benzene rings is 2. The van der Waals surface area contributed by atoms with Crippen LogP contribution in [0.1, 0.15) is 0 Å². The van der Waals surface area contributed by atoms with Crippen molar-refractivity contribution in [2.24, 2.45) is 0 Å². The Morgan fingerprint density at radius 2 is 0.750 bits per heavy atom. The largest absolute Gasteiger partial charge is 0.0842 e. The number of rotatable bonds is 3. The van der Waals surface area contributed by atoms with Crippen LogP contribution >= 0.6 is 91.2 Å². The predicted molar refractivity (Wildman–Crippen MR) is 94.7 cm³/mol. The van der Waals surface area contributed by atoms with E-state index in [1.807, 2.05) is 0 Å². The standard InChI is InChI=1S/C12H4Cl6S2/c13-5-1-7(15)11(8(16)2-5)19-20-12-9(17)3-6(14)4-10(12)18/h1-4H. The van der Waals surface area contributed by atoms with Crippen molar-refractivity contribution in [3.8, 4) is 0 Å². The molecule has 2 aromatic carbocycles. The Morgan fingerprint density at radius 3 is 1.00 bits per heavy atom. The van der Waals surface area contributed by atoms with Gasteiger partial charge in [-0.2, -0.15) is 0 Å². The molecule has 0 aliphatic heterocycles. The third-order valence-corrected chi connectivity index (χ3v) is 6.76. The van der Waals surface area contributed by atoms with Gasteiger partial charge >= 0.3 is 0 Å². The molecule has 0 N–H and O–H groups in total. The van der Waals surface area contributed by atoms with Crippen LogP contribution < -0.4 is 0 Å². The van der Waals surface area contributed by atoms with E-state index < -0.39 is 0 Å². The Balaban J connectivity index is 2.26. The summed E-state index contributed by atoms with van der Waals surface area (Å²) in [4.78, 5) is 1.40. The van der Waals surface area contributed by atoms with E-state index in [9.17, 15) is 0 Å². The molecule has 0 spiro atoms. The average Bonchev–Trinajstić information content (AvgIpc) is 2.30. The van der Waals surface area contributed by atoms with Gasteiger partial charge in [-0.3, -0.25) is 0 Å². The molecule has 106 valence electrons. The topological polar surface area (TPSA) is 0 Å². The summed E-state index contributed by atoms with van der Waals surface area (Å²) >= 11 is 36.2. The highest BCUT2D eigenvalue weighted by molar-refractivity contribution is 8.76. The molecule has 2 aromatic rings. The molecule has 0 saturated heterocycles. The van der Waals surface area contributed by atoms with E-state index in [1.54, 1.807) is 24.3 Å². The number of halogens is 6. The molecule has 2 rings (SSSR count). The fraction of sp³-hybridized carbons (Fsp3) is 0. The highest BCUT2D eigenvalue weighted by Crippen LogP contribution is 2.49. The van der Waals surface area contributed by atoms with Gasteiger partial charge in [-0.25, -0.2) is 0 Å². The zero-order chi connectivity index (χ0) is 14.9. The van der Waals surface area contributed by atoms with Crippen molar-refractivity contribution in [2.75, 3.05) is 0 Å². The van der Waals surface area contributed by atoms with Gasteiger partial charge in [0.05, 0.1) is 29.9 Å². The van der Waals surface area contributed by atoms with Gasteiger partial charge in [0.15, 0.2) is 0 Å². The molecule has 0 aliphatic carbocycles. The highest BCUT2D eigenvalue weighted by atomic mass is 35.5. The molecule has 0 saturated carbocycles. The molecule has 0 aromatic heterocycles. The molecule has 8 heteroatoms. The maximum absolute atomic E-state index is 6.12. The van der Waals surface area contributed by atoms with E-state index in [0.29, 0.717) is 39.9 Å². The Labute approximate surface area is 154 Å². The van der Waals surface area contributed by atoms with E-state index in [4.69, 9.17) is 69.6 Å². The second-order valence-corrected chi connectivity index (χ2v) is 8.22. The van der Waals surface area contributed by atoms with E-state index >= 15 is 0 Å². The van der Waals surface area contributed by atoms with Gasteiger partial charge in [-0.15, -0.1) is 0 Å². The minimum Gasteiger partial charge on any atom is -0.0842 e. The molecule has 0 radical (unpaired) electrons. The van der Waals surface area contributed by atoms with E-state index in [0.717, 1.165) is 0 Å². The molecule has 0 atom stereocenters. The van der Waals surface area contributed by atoms with Crippen molar-refractivity contribution in [2.45, 2.75) is 9.79 Å². The first-order valence-corrected chi connectivity index (χ1v) is 9.44. The SMILES string of the molecule is Clc1cc(Cl)c(SSc2c(Cl)cc(Cl)cc2Cl)c(Cl)c1. The summed E-state index contributed by atoms with van der Waals surface area (Å²) in [5, 5.41) is 2.86. The maximum atomic E-state index is 6.12. The lowest BCUT2D eigenvalue weighted by molar-refractivity contribution is 1.46. The lowest BCUT2D eigenvalue weighted by atomic mass is 10.4. The first kappa shape index (κ1) is 17.2. The second-order valence-electron chi connectivity index (χ2n) is 3.56. The smallest absolute Gasteiger partial charge is 0.0580 e. The molecular formula is C12H4Cl6S2. The summed E-state index contributed by atoms with van der Waals surface area (Å²) in [6.07, 6.45) is 0. The van der Waals surface area contributed by atoms with Crippen LogP contribution in [0.5, 0.6) is 0 Å². The fourth-order valence-corrected chi connectivity index (χ4v) is 6.24.